The Kier molecular flexibility index (Phi) is 58.2. The Morgan fingerprint density at radius 1 is 0.244 bits per heavy atom. The van der Waals surface area contributed by atoms with E-state index in [0.29, 0.717) is 78.2 Å². The van der Waals surface area contributed by atoms with Gasteiger partial charge in [0.05, 0.1) is 0 Å². The van der Waals surface area contributed by atoms with Gasteiger partial charge in [0, 0.05) is 32.1 Å². The fourth-order valence-electron chi connectivity index (χ4n) is 12.1. The van der Waals surface area contributed by atoms with Crippen molar-refractivity contribution in [3.8, 4) is 28.7 Å². The average Bonchev–Trinajstić information content (AvgIpc) is 0.783. The van der Waals surface area contributed by atoms with Crippen LogP contribution in [-0.4, -0.2) is 53.2 Å². The van der Waals surface area contributed by atoms with Crippen LogP contribution in [0.25, 0.3) is 26.6 Å². The fourth-order valence-corrected chi connectivity index (χ4v) is 18.6. The predicted octanol–water partition coefficient (Wildman–Crippen LogP) is 27.3. The maximum absolute atomic E-state index is 11.2. The number of aromatic hydroxyl groups is 5. The SMILES string of the molecule is Cc1ccc(Pc2cc(C)cc(C)c2O)c(C[N-]C(C)(C)C)c1.Cc1ccc(Pc2cc(C)ccc2O)c(C[N-]C(C)(C)C)c1.Cc1ccc(Pc2cccc(C)c2O)c(C[N-]C(C)(C)C)c1.Cc1ccc(Pc2ccccc2O)c(C[N-]C(C)(C)C)c1.Cc1cccc(C[N-]C(C)(C)C)c1Pc1cc(C(C)(C)C)cc(C(C)(C)C)c1O.[Cl][Ti+].[Cl][Ti+].[Cl][Ti+].[Cl][Ti+].[Cl][Ti+]. The molecule has 0 saturated heterocycles. The molecule has 10 nitrogen and oxygen atoms in total. The molecule has 682 valence electrons. The number of nitrogens with zero attached hydrogens (tertiary/aromatic N) is 5. The van der Waals surface area contributed by atoms with Crippen LogP contribution in [0.5, 0.6) is 28.7 Å². The molecule has 0 aliphatic carbocycles. The third-order valence-electron chi connectivity index (χ3n) is 18.9. The summed E-state index contributed by atoms with van der Waals surface area (Å²) in [5.74, 6) is 2.04. The van der Waals surface area contributed by atoms with Gasteiger partial charge in [-0.15, -0.1) is 60.4 Å². The predicted molar refractivity (Wildman–Crippen MR) is 554 cm³/mol. The van der Waals surface area contributed by atoms with Crippen molar-refractivity contribution in [1.82, 2.24) is 0 Å². The average molecular weight is 2090 g/mol. The summed E-state index contributed by atoms with van der Waals surface area (Å²) in [4.78, 5) is 0. The van der Waals surface area contributed by atoms with Gasteiger partial charge in [-0.05, 0) is 158 Å². The van der Waals surface area contributed by atoms with Crippen molar-refractivity contribution in [2.45, 2.75) is 279 Å². The Morgan fingerprint density at radius 2 is 0.551 bits per heavy atom. The first-order valence-corrected chi connectivity index (χ1v) is 57.6. The van der Waals surface area contributed by atoms with Crippen LogP contribution >= 0.6 is 89.4 Å². The van der Waals surface area contributed by atoms with E-state index >= 15 is 0 Å². The zero-order valence-electron chi connectivity index (χ0n) is 80.6. The van der Waals surface area contributed by atoms with Crippen molar-refractivity contribution >= 4 is 142 Å². The Bertz CT molecular complexity index is 4920. The molecule has 0 spiro atoms. The summed E-state index contributed by atoms with van der Waals surface area (Å²) in [6.45, 7) is 67.3. The number of hydrogen-bond donors (Lipinski definition) is 5. The monoisotopic (exact) mass is 2080 g/mol. The van der Waals surface area contributed by atoms with Gasteiger partial charge < -0.3 is 52.1 Å². The molecule has 0 heterocycles. The first-order chi connectivity index (χ1) is 59.1. The van der Waals surface area contributed by atoms with E-state index in [-0.39, 0.29) is 38.5 Å². The molecule has 0 radical (unpaired) electrons. The van der Waals surface area contributed by atoms with E-state index in [1.165, 1.54) is 196 Å². The molecule has 0 saturated carbocycles. The number of phenols is 5. The van der Waals surface area contributed by atoms with Crippen molar-refractivity contribution < 1.29 is 122 Å². The van der Waals surface area contributed by atoms with Crippen LogP contribution in [0.1, 0.15) is 234 Å². The van der Waals surface area contributed by atoms with Gasteiger partial charge in [-0.1, -0.05) is 390 Å². The minimum atomic E-state index is -0.110. The van der Waals surface area contributed by atoms with Crippen molar-refractivity contribution in [3.63, 3.8) is 0 Å². The number of aryl methyl sites for hydroxylation is 9. The quantitative estimate of drug-likeness (QED) is 0.0377. The molecule has 10 aromatic rings. The van der Waals surface area contributed by atoms with E-state index in [4.69, 9.17) is 26.6 Å². The van der Waals surface area contributed by atoms with Gasteiger partial charge in [0.2, 0.25) is 0 Å². The van der Waals surface area contributed by atoms with Gasteiger partial charge in [0.1, 0.15) is 28.7 Å². The normalized spacial score (nSPS) is 11.7. The second-order valence-electron chi connectivity index (χ2n) is 38.2. The first kappa shape index (κ1) is 123. The van der Waals surface area contributed by atoms with Gasteiger partial charge in [-0.3, -0.25) is 0 Å². The van der Waals surface area contributed by atoms with Crippen molar-refractivity contribution in [3.05, 3.63) is 292 Å². The second kappa shape index (κ2) is 60.0. The van der Waals surface area contributed by atoms with Crippen LogP contribution in [0.3, 0.4) is 0 Å². The molecule has 10 aromatic carbocycles. The Morgan fingerprint density at radius 3 is 0.937 bits per heavy atom. The fraction of sp³-hybridized carbons (Fsp3) is 0.412. The van der Waals surface area contributed by atoms with Crippen LogP contribution in [0.4, 0.5) is 0 Å². The summed E-state index contributed by atoms with van der Waals surface area (Å²) in [6.07, 6.45) is 0. The van der Waals surface area contributed by atoms with Gasteiger partial charge in [0.15, 0.2) is 0 Å². The second-order valence-corrected chi connectivity index (χ2v) is 44.8. The van der Waals surface area contributed by atoms with Crippen LogP contribution in [0.2, 0.25) is 0 Å². The van der Waals surface area contributed by atoms with Gasteiger partial charge >= 0.3 is 143 Å². The zero-order chi connectivity index (χ0) is 97.5. The van der Waals surface area contributed by atoms with Gasteiger partial charge in [-0.25, -0.2) is 0 Å². The van der Waals surface area contributed by atoms with E-state index in [9.17, 15) is 25.5 Å². The van der Waals surface area contributed by atoms with Crippen molar-refractivity contribution in [2.75, 3.05) is 0 Å². The Labute approximate surface area is 854 Å². The summed E-state index contributed by atoms with van der Waals surface area (Å²) in [6, 6.07) is 60.3. The molecule has 0 bridgehead atoms. The van der Waals surface area contributed by atoms with Crippen molar-refractivity contribution in [2.24, 2.45) is 0 Å². The van der Waals surface area contributed by atoms with Gasteiger partial charge in [0.25, 0.3) is 0 Å². The topological polar surface area (TPSA) is 172 Å². The van der Waals surface area contributed by atoms with Crippen LogP contribution in [-0.2, 0) is 140 Å². The Hall–Kier alpha value is -1.83. The molecule has 0 amide bonds. The van der Waals surface area contributed by atoms with E-state index in [1.54, 1.807) is 12.1 Å². The van der Waals surface area contributed by atoms with Crippen LogP contribution < -0.4 is 53.0 Å². The first-order valence-electron chi connectivity index (χ1n) is 41.8. The summed E-state index contributed by atoms with van der Waals surface area (Å²) in [7, 11) is 25.4. The number of phenolic OH excluding ortho intramolecular Hbond substituents is 5. The van der Waals surface area contributed by atoms with Crippen LogP contribution in [0, 0.1) is 62.3 Å². The molecular formula is C102H139Cl5N5O5P5Ti5. The van der Waals surface area contributed by atoms with Crippen molar-refractivity contribution in [1.29, 1.82) is 0 Å². The maximum atomic E-state index is 11.2. The number of para-hydroxylation sites is 2. The summed E-state index contributed by atoms with van der Waals surface area (Å²) < 4.78 is 0. The molecule has 5 unspecified atom stereocenters. The molecule has 10 rings (SSSR count). The van der Waals surface area contributed by atoms with E-state index in [1.807, 2.05) is 62.4 Å². The molecule has 127 heavy (non-hydrogen) atoms. The molecule has 0 aliphatic rings. The third kappa shape index (κ3) is 48.2. The number of benzene rings is 10. The summed E-state index contributed by atoms with van der Waals surface area (Å²) >= 11 is 7.36. The van der Waals surface area contributed by atoms with E-state index < -0.39 is 0 Å². The molecule has 5 N–H and O–H groups in total. The minimum absolute atomic E-state index is 0.0288. The number of halogens is 5. The number of rotatable bonds is 20. The zero-order valence-corrected chi connectivity index (χ0v) is 97.2. The van der Waals surface area contributed by atoms with Crippen LogP contribution in [0.15, 0.2) is 176 Å². The molecule has 25 heteroatoms. The third-order valence-corrected chi connectivity index (χ3v) is 26.2. The molecule has 5 atom stereocenters. The van der Waals surface area contributed by atoms with Gasteiger partial charge in [-0.2, -0.15) is 0 Å². The number of hydrogen-bond acceptors (Lipinski definition) is 5. The Balaban J connectivity index is 0.000000776. The standard InChI is InChI=1S/C26H39NOP.C20H27NOP.2C19H25NOP.C18H23NOP.5ClH.5Ti/c1-17-12-11-13-18(16-27-26(8,9)10)23(17)29-21-15-19(24(2,3)4)14-20(22(21)28)25(5,6)7;1-13-7-8-17(16(10-13)12-21-20(4,5)6)23-18-11-14(2)9-15(3)19(18)22;1-13-7-9-17(15(10-13)12-20-19(3,4)5)22-18-11-14(2)6-8-16(18)21;1-13-9-10-16(15(11-13)12-20-19(3,4)5)22-17-8-6-7-14(2)18(17)21;1-13-9-10-16(14(11-13)12-19-18(2,3)4)21-17-8-6-5-7-15(17)20;;;;;;;;;;/h11-15,28-29H,16H2,1-10H3;7-11,22-23H,12H2,1-6H3;2*6-11,21-22H,12H2,1-5H3;5-11,20-21H,12H2,1-4H3;5*1H;;;;;/q5*-1;;;;;;5*+2/p-5. The van der Waals surface area contributed by atoms with E-state index in [0.717, 1.165) is 69.4 Å². The van der Waals surface area contributed by atoms with E-state index in [2.05, 4.69) is 356 Å². The molecule has 0 aromatic heterocycles. The molecular weight excluding hydrogens is 1950 g/mol. The summed E-state index contributed by atoms with van der Waals surface area (Å²) in [5, 5.41) is 87.1. The summed E-state index contributed by atoms with van der Waals surface area (Å²) in [5.41, 5.74) is 18.8. The molecule has 0 aliphatic heterocycles. The molecule has 0 fully saturated rings.